The van der Waals surface area contributed by atoms with E-state index in [1.807, 2.05) is 0 Å². The molecule has 0 bridgehead atoms. The molecule has 64 valence electrons. The average molecular weight is 171 g/mol. The third kappa shape index (κ3) is 1.28. The van der Waals surface area contributed by atoms with Crippen LogP contribution in [0.25, 0.3) is 0 Å². The molecule has 6 heteroatoms. The van der Waals surface area contributed by atoms with E-state index in [1.54, 1.807) is 6.20 Å². The molecule has 0 amide bonds. The molecule has 0 radical (unpaired) electrons. The van der Waals surface area contributed by atoms with Gasteiger partial charge in [0.2, 0.25) is 0 Å². The van der Waals surface area contributed by atoms with Gasteiger partial charge >= 0.3 is 5.95 Å². The first-order chi connectivity index (χ1) is 5.77. The van der Waals surface area contributed by atoms with Crippen LogP contribution in [0, 0.1) is 10.1 Å². The van der Waals surface area contributed by atoms with E-state index in [0.717, 1.165) is 0 Å². The molecule has 1 aromatic rings. The zero-order valence-electron chi connectivity index (χ0n) is 6.21. The van der Waals surface area contributed by atoms with E-state index in [4.69, 9.17) is 4.74 Å². The highest BCUT2D eigenvalue weighted by Crippen LogP contribution is 2.15. The van der Waals surface area contributed by atoms with Crippen LogP contribution in [0.15, 0.2) is 12.4 Å². The summed E-state index contributed by atoms with van der Waals surface area (Å²) in [6.07, 6.45) is 3.14. The number of hydrogen-bond acceptors (Lipinski definition) is 4. The van der Waals surface area contributed by atoms with Crippen molar-refractivity contribution in [1.29, 1.82) is 0 Å². The van der Waals surface area contributed by atoms with E-state index in [-0.39, 0.29) is 12.1 Å². The van der Waals surface area contributed by atoms with Crippen molar-refractivity contribution >= 4 is 5.95 Å². The first-order valence-electron chi connectivity index (χ1n) is 3.54. The van der Waals surface area contributed by atoms with Crippen molar-refractivity contribution in [3.05, 3.63) is 22.5 Å². The first-order valence-corrected chi connectivity index (χ1v) is 3.54. The summed E-state index contributed by atoms with van der Waals surface area (Å²) in [5.74, 6) is -0.120. The monoisotopic (exact) mass is 171 g/mol. The zero-order valence-corrected chi connectivity index (χ0v) is 6.21. The summed E-state index contributed by atoms with van der Waals surface area (Å²) in [6, 6.07) is 0. The highest BCUT2D eigenvalue weighted by Gasteiger charge is 2.27. The molecule has 2 heterocycles. The van der Waals surface area contributed by atoms with Crippen LogP contribution in [0.3, 0.4) is 0 Å². The van der Waals surface area contributed by atoms with E-state index in [0.29, 0.717) is 13.2 Å². The molecule has 1 aromatic heterocycles. The largest absolute Gasteiger partial charge is 0.434 e. The Balaban J connectivity index is 2.17. The minimum atomic E-state index is -0.498. The van der Waals surface area contributed by atoms with Gasteiger partial charge in [0.15, 0.2) is 0 Å². The number of hydrogen-bond donors (Lipinski definition) is 0. The molecular formula is C6H7N3O3. The molecule has 1 atom stereocenters. The average Bonchev–Trinajstić information content (AvgIpc) is 2.66. The Hall–Kier alpha value is -1.43. The molecule has 1 fully saturated rings. The summed E-state index contributed by atoms with van der Waals surface area (Å²) in [6.45, 7) is 1.21. The molecule has 0 N–H and O–H groups in total. The normalized spacial score (nSPS) is 20.8. The summed E-state index contributed by atoms with van der Waals surface area (Å²) in [5.41, 5.74) is 0. The number of ether oxygens (including phenoxy) is 1. The van der Waals surface area contributed by atoms with E-state index >= 15 is 0 Å². The molecule has 0 aromatic carbocycles. The predicted octanol–water partition coefficient (Wildman–Crippen LogP) is 0.190. The molecular weight excluding hydrogens is 164 g/mol. The lowest BCUT2D eigenvalue weighted by atomic mass is 10.8. The molecule has 12 heavy (non-hydrogen) atoms. The molecule has 0 spiro atoms. The van der Waals surface area contributed by atoms with Gasteiger partial charge in [0.1, 0.15) is 25.0 Å². The van der Waals surface area contributed by atoms with E-state index in [9.17, 15) is 10.1 Å². The Kier molecular flexibility index (Phi) is 1.54. The van der Waals surface area contributed by atoms with Crippen molar-refractivity contribution in [2.45, 2.75) is 12.6 Å². The van der Waals surface area contributed by atoms with Gasteiger partial charge in [0, 0.05) is 0 Å². The Bertz CT molecular complexity index is 305. The summed E-state index contributed by atoms with van der Waals surface area (Å²) in [7, 11) is 0. The number of rotatable bonds is 3. The van der Waals surface area contributed by atoms with Gasteiger partial charge in [-0.15, -0.1) is 0 Å². The summed E-state index contributed by atoms with van der Waals surface area (Å²) >= 11 is 0. The maximum absolute atomic E-state index is 10.4. The molecule has 0 unspecified atom stereocenters. The number of epoxide rings is 1. The van der Waals surface area contributed by atoms with Crippen LogP contribution in [-0.4, -0.2) is 27.2 Å². The summed E-state index contributed by atoms with van der Waals surface area (Å²) < 4.78 is 6.43. The summed E-state index contributed by atoms with van der Waals surface area (Å²) in [4.78, 5) is 13.5. The maximum atomic E-state index is 10.4. The standard InChI is InChI=1S/C6H7N3O3/c10-9(11)6-7-1-2-8(6)3-5-4-12-5/h1-2,5H,3-4H2/t5-/m0/s1/i5+2. The first kappa shape index (κ1) is 7.23. The molecule has 6 nitrogen and oxygen atoms in total. The minimum absolute atomic E-state index is 0.120. The third-order valence-electron chi connectivity index (χ3n) is 1.66. The van der Waals surface area contributed by atoms with Crippen molar-refractivity contribution in [2.75, 3.05) is 6.61 Å². The van der Waals surface area contributed by atoms with Crippen molar-refractivity contribution in [3.63, 3.8) is 0 Å². The lowest BCUT2D eigenvalue weighted by molar-refractivity contribution is -0.396. The van der Waals surface area contributed by atoms with Crippen LogP contribution in [0.5, 0.6) is 0 Å². The Morgan fingerprint density at radius 1 is 1.92 bits per heavy atom. The number of nitro groups is 1. The van der Waals surface area contributed by atoms with Crippen molar-refractivity contribution in [2.24, 2.45) is 0 Å². The molecule has 0 aliphatic carbocycles. The highest BCUT2D eigenvalue weighted by molar-refractivity contribution is 5.07. The minimum Gasteiger partial charge on any atom is -0.390 e. The van der Waals surface area contributed by atoms with Crippen LogP contribution in [0.2, 0.25) is 0 Å². The van der Waals surface area contributed by atoms with Crippen LogP contribution >= 0.6 is 0 Å². The Morgan fingerprint density at radius 3 is 3.25 bits per heavy atom. The van der Waals surface area contributed by atoms with Crippen LogP contribution in [-0.2, 0) is 11.3 Å². The number of aromatic nitrogens is 2. The zero-order chi connectivity index (χ0) is 8.55. The second kappa shape index (κ2) is 2.56. The molecule has 1 saturated heterocycles. The van der Waals surface area contributed by atoms with Crippen molar-refractivity contribution in [1.82, 2.24) is 9.55 Å². The fraction of sp³-hybridized carbons (Fsp3) is 0.500. The highest BCUT2D eigenvalue weighted by atomic mass is 16.8. The maximum Gasteiger partial charge on any atom is 0.434 e. The smallest absolute Gasteiger partial charge is 0.390 e. The van der Waals surface area contributed by atoms with E-state index in [1.165, 1.54) is 10.8 Å². The van der Waals surface area contributed by atoms with Gasteiger partial charge in [-0.05, 0) is 4.92 Å². The summed E-state index contributed by atoms with van der Waals surface area (Å²) in [5, 5.41) is 10.4. The lowest BCUT2D eigenvalue weighted by Crippen LogP contribution is -2.06. The lowest BCUT2D eigenvalue weighted by Gasteiger charge is -1.96. The second-order valence-corrected chi connectivity index (χ2v) is 2.59. The van der Waals surface area contributed by atoms with E-state index < -0.39 is 4.92 Å². The molecule has 1 aliphatic heterocycles. The van der Waals surface area contributed by atoms with Crippen molar-refractivity contribution in [3.8, 4) is 0 Å². The van der Waals surface area contributed by atoms with Gasteiger partial charge in [0.25, 0.3) is 0 Å². The van der Waals surface area contributed by atoms with Crippen LogP contribution in [0.4, 0.5) is 5.95 Å². The Morgan fingerprint density at radius 2 is 2.67 bits per heavy atom. The third-order valence-corrected chi connectivity index (χ3v) is 1.66. The molecule has 2 rings (SSSR count). The molecule has 1 aliphatic rings. The number of imidazole rings is 1. The quantitative estimate of drug-likeness (QED) is 0.369. The van der Waals surface area contributed by atoms with Gasteiger partial charge in [-0.3, -0.25) is 0 Å². The van der Waals surface area contributed by atoms with Crippen LogP contribution < -0.4 is 0 Å². The van der Waals surface area contributed by atoms with Crippen molar-refractivity contribution < 1.29 is 9.66 Å². The topological polar surface area (TPSA) is 73.5 Å². The fourth-order valence-corrected chi connectivity index (χ4v) is 1.01. The Labute approximate surface area is 67.9 Å². The predicted molar refractivity (Wildman–Crippen MR) is 38.6 cm³/mol. The SMILES string of the molecule is O=[N+]([O-])c1nccn1C[14C@H]1CO1. The van der Waals surface area contributed by atoms with Gasteiger partial charge in [-0.1, -0.05) is 4.98 Å². The molecule has 0 saturated carbocycles. The fourth-order valence-electron chi connectivity index (χ4n) is 1.01. The van der Waals surface area contributed by atoms with Gasteiger partial charge in [-0.2, -0.15) is 0 Å². The van der Waals surface area contributed by atoms with Gasteiger partial charge < -0.3 is 14.9 Å². The second-order valence-electron chi connectivity index (χ2n) is 2.59. The van der Waals surface area contributed by atoms with Crippen LogP contribution in [0.1, 0.15) is 0 Å². The van der Waals surface area contributed by atoms with Gasteiger partial charge in [-0.25, -0.2) is 4.57 Å². The number of nitrogens with zero attached hydrogens (tertiary/aromatic N) is 3. The van der Waals surface area contributed by atoms with E-state index in [2.05, 4.69) is 4.98 Å². The van der Waals surface area contributed by atoms with Gasteiger partial charge in [0.05, 0.1) is 6.61 Å².